The molecule has 38 heavy (non-hydrogen) atoms. The average Bonchev–Trinajstić information content (AvgIpc) is 3.23. The van der Waals surface area contributed by atoms with Crippen LogP contribution in [0.4, 0.5) is 8.78 Å². The van der Waals surface area contributed by atoms with Crippen LogP contribution in [0.1, 0.15) is 59.9 Å². The summed E-state index contributed by atoms with van der Waals surface area (Å²) in [6.45, 7) is 3.98. The van der Waals surface area contributed by atoms with Crippen LogP contribution in [0.5, 0.6) is 0 Å². The molecule has 10 heteroatoms. The highest BCUT2D eigenvalue weighted by Gasteiger charge is 2.27. The molecule has 3 N–H and O–H groups in total. The summed E-state index contributed by atoms with van der Waals surface area (Å²) >= 11 is 0. The Morgan fingerprint density at radius 2 is 1.61 bits per heavy atom. The van der Waals surface area contributed by atoms with E-state index in [0.717, 1.165) is 5.56 Å². The molecule has 0 unspecified atom stereocenters. The standard InChI is InChI=1S/C28H31F2N3O5/c1-17(2)26-24(13-12-22(34)14-23(35)15-25(36)37)33(21-10-8-20(30)9-11-21)31-27(26)28(38)32(3)16-18-4-6-19(29)7-5-18/h4-13,17,22-23,34-35H,14-16H2,1-3H3,(H,36,37)/b13-12+/t22-,23-/m1/s1. The lowest BCUT2D eigenvalue weighted by atomic mass is 9.98. The minimum Gasteiger partial charge on any atom is -0.481 e. The summed E-state index contributed by atoms with van der Waals surface area (Å²) in [6, 6.07) is 11.4. The number of carbonyl (C=O) groups excluding carboxylic acids is 1. The number of aromatic nitrogens is 2. The van der Waals surface area contributed by atoms with E-state index in [2.05, 4.69) is 5.10 Å². The van der Waals surface area contributed by atoms with Crippen LogP contribution in [0, 0.1) is 11.6 Å². The highest BCUT2D eigenvalue weighted by Crippen LogP contribution is 2.29. The van der Waals surface area contributed by atoms with Gasteiger partial charge in [0.1, 0.15) is 11.6 Å². The molecule has 202 valence electrons. The number of hydrogen-bond acceptors (Lipinski definition) is 5. The Bertz CT molecular complexity index is 1290. The van der Waals surface area contributed by atoms with E-state index in [0.29, 0.717) is 16.9 Å². The number of amides is 1. The van der Waals surface area contributed by atoms with Gasteiger partial charge in [-0.25, -0.2) is 13.5 Å². The molecular weight excluding hydrogens is 496 g/mol. The van der Waals surface area contributed by atoms with Gasteiger partial charge in [0, 0.05) is 25.6 Å². The van der Waals surface area contributed by atoms with Crippen LogP contribution in [0.3, 0.4) is 0 Å². The third-order valence-electron chi connectivity index (χ3n) is 5.89. The van der Waals surface area contributed by atoms with Gasteiger partial charge < -0.3 is 20.2 Å². The fraction of sp³-hybridized carbons (Fsp3) is 0.321. The van der Waals surface area contributed by atoms with Gasteiger partial charge in [-0.15, -0.1) is 0 Å². The van der Waals surface area contributed by atoms with Crippen LogP contribution in [0.2, 0.25) is 0 Å². The molecule has 0 aliphatic carbocycles. The van der Waals surface area contributed by atoms with Crippen LogP contribution in [0.25, 0.3) is 11.8 Å². The second-order valence-electron chi connectivity index (χ2n) is 9.39. The number of benzene rings is 2. The van der Waals surface area contributed by atoms with Crippen LogP contribution < -0.4 is 0 Å². The van der Waals surface area contributed by atoms with Crippen molar-refractivity contribution in [3.8, 4) is 5.69 Å². The second kappa shape index (κ2) is 12.6. The number of carboxylic acid groups (broad SMARTS) is 1. The number of rotatable bonds is 11. The predicted octanol–water partition coefficient (Wildman–Crippen LogP) is 4.15. The number of aliphatic hydroxyl groups is 2. The molecule has 0 fully saturated rings. The molecule has 0 bridgehead atoms. The SMILES string of the molecule is CC(C)c1c(C(=O)N(C)Cc2ccc(F)cc2)nn(-c2ccc(F)cc2)c1/C=C/[C@@H](O)C[C@@H](O)CC(=O)O. The maximum Gasteiger partial charge on any atom is 0.305 e. The summed E-state index contributed by atoms with van der Waals surface area (Å²) in [7, 11) is 1.61. The van der Waals surface area contributed by atoms with Crippen molar-refractivity contribution < 1.29 is 33.7 Å². The van der Waals surface area contributed by atoms with Crippen molar-refractivity contribution in [2.45, 2.75) is 51.4 Å². The lowest BCUT2D eigenvalue weighted by Gasteiger charge is -2.17. The predicted molar refractivity (Wildman–Crippen MR) is 138 cm³/mol. The van der Waals surface area contributed by atoms with E-state index in [1.54, 1.807) is 25.3 Å². The van der Waals surface area contributed by atoms with Crippen LogP contribution in [-0.2, 0) is 11.3 Å². The summed E-state index contributed by atoms with van der Waals surface area (Å²) in [4.78, 5) is 25.8. The maximum absolute atomic E-state index is 13.6. The Morgan fingerprint density at radius 1 is 1.03 bits per heavy atom. The number of aliphatic hydroxyl groups excluding tert-OH is 2. The molecule has 3 rings (SSSR count). The first-order chi connectivity index (χ1) is 18.0. The lowest BCUT2D eigenvalue weighted by molar-refractivity contribution is -0.139. The van der Waals surface area contributed by atoms with Crippen molar-refractivity contribution in [3.05, 3.63) is 88.8 Å². The molecule has 0 aliphatic rings. The third-order valence-corrected chi connectivity index (χ3v) is 5.89. The Balaban J connectivity index is 2.01. The second-order valence-corrected chi connectivity index (χ2v) is 9.39. The summed E-state index contributed by atoms with van der Waals surface area (Å²) in [5.74, 6) is -2.57. The van der Waals surface area contributed by atoms with Crippen LogP contribution >= 0.6 is 0 Å². The lowest BCUT2D eigenvalue weighted by Crippen LogP contribution is -2.27. The number of hydrogen-bond donors (Lipinski definition) is 3. The molecule has 2 atom stereocenters. The van der Waals surface area contributed by atoms with Crippen molar-refractivity contribution in [2.24, 2.45) is 0 Å². The van der Waals surface area contributed by atoms with Gasteiger partial charge in [-0.05, 0) is 54.0 Å². The smallest absolute Gasteiger partial charge is 0.305 e. The van der Waals surface area contributed by atoms with Gasteiger partial charge in [-0.2, -0.15) is 5.10 Å². The normalized spacial score (nSPS) is 13.2. The quantitative estimate of drug-likeness (QED) is 0.345. The zero-order chi connectivity index (χ0) is 28.0. The van der Waals surface area contributed by atoms with Crippen LogP contribution in [-0.4, -0.2) is 61.1 Å². The molecular formula is C28H31F2N3O5. The molecule has 3 aromatic rings. The zero-order valence-electron chi connectivity index (χ0n) is 21.4. The third kappa shape index (κ3) is 7.33. The van der Waals surface area contributed by atoms with E-state index in [9.17, 15) is 28.6 Å². The van der Waals surface area contributed by atoms with Crippen LogP contribution in [0.15, 0.2) is 54.6 Å². The van der Waals surface area contributed by atoms with E-state index < -0.39 is 30.4 Å². The van der Waals surface area contributed by atoms with E-state index in [1.807, 2.05) is 13.8 Å². The molecule has 0 saturated heterocycles. The average molecular weight is 528 g/mol. The number of carbonyl (C=O) groups is 2. The monoisotopic (exact) mass is 527 g/mol. The van der Waals surface area contributed by atoms with E-state index in [1.165, 1.54) is 52.1 Å². The molecule has 2 aromatic carbocycles. The van der Waals surface area contributed by atoms with E-state index in [4.69, 9.17) is 5.11 Å². The van der Waals surface area contributed by atoms with Gasteiger partial charge in [-0.3, -0.25) is 9.59 Å². The number of aliphatic carboxylic acids is 1. The van der Waals surface area contributed by atoms with Gasteiger partial charge in [-0.1, -0.05) is 32.1 Å². The molecule has 0 spiro atoms. The fourth-order valence-electron chi connectivity index (χ4n) is 4.07. The molecule has 0 aliphatic heterocycles. The fourth-order valence-corrected chi connectivity index (χ4v) is 4.07. The van der Waals surface area contributed by atoms with Gasteiger partial charge >= 0.3 is 5.97 Å². The number of nitrogens with zero attached hydrogens (tertiary/aromatic N) is 3. The minimum absolute atomic E-state index is 0.161. The topological polar surface area (TPSA) is 116 Å². The molecule has 0 radical (unpaired) electrons. The summed E-state index contributed by atoms with van der Waals surface area (Å²) in [6.07, 6.45) is -0.159. The first kappa shape index (κ1) is 28.7. The molecule has 1 aromatic heterocycles. The largest absolute Gasteiger partial charge is 0.481 e. The van der Waals surface area contributed by atoms with Crippen molar-refractivity contribution >= 4 is 18.0 Å². The molecule has 8 nitrogen and oxygen atoms in total. The summed E-state index contributed by atoms with van der Waals surface area (Å²) in [5.41, 5.74) is 2.42. The first-order valence-electron chi connectivity index (χ1n) is 12.1. The molecule has 1 amide bonds. The maximum atomic E-state index is 13.6. The van der Waals surface area contributed by atoms with E-state index >= 15 is 0 Å². The number of halogens is 2. The number of carboxylic acids is 1. The minimum atomic E-state index is -1.24. The Kier molecular flexibility index (Phi) is 9.49. The highest BCUT2D eigenvalue weighted by atomic mass is 19.1. The Morgan fingerprint density at radius 3 is 2.16 bits per heavy atom. The van der Waals surface area contributed by atoms with Crippen molar-refractivity contribution in [3.63, 3.8) is 0 Å². The Hall–Kier alpha value is -3.89. The van der Waals surface area contributed by atoms with E-state index in [-0.39, 0.29) is 36.3 Å². The summed E-state index contributed by atoms with van der Waals surface area (Å²) in [5, 5.41) is 33.7. The Labute approximate surface area is 219 Å². The van der Waals surface area contributed by atoms with Crippen molar-refractivity contribution in [2.75, 3.05) is 7.05 Å². The molecule has 0 saturated carbocycles. The van der Waals surface area contributed by atoms with Gasteiger partial charge in [0.15, 0.2) is 5.69 Å². The van der Waals surface area contributed by atoms with Gasteiger partial charge in [0.25, 0.3) is 5.91 Å². The van der Waals surface area contributed by atoms with Crippen molar-refractivity contribution in [1.29, 1.82) is 0 Å². The molecule has 1 heterocycles. The van der Waals surface area contributed by atoms with Gasteiger partial charge in [0.05, 0.1) is 30.0 Å². The first-order valence-corrected chi connectivity index (χ1v) is 12.1. The zero-order valence-corrected chi connectivity index (χ0v) is 21.4. The van der Waals surface area contributed by atoms with Crippen molar-refractivity contribution in [1.82, 2.24) is 14.7 Å². The highest BCUT2D eigenvalue weighted by molar-refractivity contribution is 5.95. The van der Waals surface area contributed by atoms with Gasteiger partial charge in [0.2, 0.25) is 0 Å². The summed E-state index contributed by atoms with van der Waals surface area (Å²) < 4.78 is 28.4.